The van der Waals surface area contributed by atoms with Crippen molar-refractivity contribution in [2.24, 2.45) is 5.92 Å². The zero-order valence-electron chi connectivity index (χ0n) is 13.4. The maximum atomic E-state index is 12.3. The van der Waals surface area contributed by atoms with Gasteiger partial charge in [-0.15, -0.1) is 0 Å². The van der Waals surface area contributed by atoms with Gasteiger partial charge in [-0.25, -0.2) is 4.98 Å². The molecule has 1 aromatic carbocycles. The molecule has 0 bridgehead atoms. The van der Waals surface area contributed by atoms with Gasteiger partial charge in [0.1, 0.15) is 6.33 Å². The molecule has 1 aromatic heterocycles. The zero-order chi connectivity index (χ0) is 16.9. The molecule has 0 atom stereocenters. The van der Waals surface area contributed by atoms with Crippen LogP contribution in [0.5, 0.6) is 5.75 Å². The largest absolute Gasteiger partial charge is 0.501 e. The first-order chi connectivity index (χ1) is 11.7. The van der Waals surface area contributed by atoms with E-state index in [1.807, 2.05) is 6.07 Å². The summed E-state index contributed by atoms with van der Waals surface area (Å²) < 4.78 is 1.22. The average Bonchev–Trinajstić information content (AvgIpc) is 2.63. The van der Waals surface area contributed by atoms with Gasteiger partial charge in [0.05, 0.1) is 5.69 Å². The molecule has 1 heterocycles. The molecule has 2 N–H and O–H groups in total. The summed E-state index contributed by atoms with van der Waals surface area (Å²) in [5.41, 5.74) is -0.290. The van der Waals surface area contributed by atoms with Gasteiger partial charge in [-0.1, -0.05) is 37.5 Å². The summed E-state index contributed by atoms with van der Waals surface area (Å²) in [7, 11) is 0. The van der Waals surface area contributed by atoms with Crippen LogP contribution in [0.25, 0.3) is 5.69 Å². The number of aromatic hydroxyl groups is 1. The highest BCUT2D eigenvalue weighted by Crippen LogP contribution is 2.23. The fraction of sp³-hybridized carbons (Fsp3) is 0.389. The second kappa shape index (κ2) is 7.29. The van der Waals surface area contributed by atoms with Gasteiger partial charge in [-0.2, -0.15) is 0 Å². The minimum atomic E-state index is -0.654. The standard InChI is InChI=1S/C18H21N3O3/c22-16-15(17(23)19-11-13-7-3-1-4-8-13)20-12-21(18(16)24)14-9-5-2-6-10-14/h2,5-6,9-10,12-13,22H,1,3-4,7-8,11H2,(H,19,23). The fourth-order valence-electron chi connectivity index (χ4n) is 3.10. The van der Waals surface area contributed by atoms with Gasteiger partial charge in [-0.05, 0) is 30.9 Å². The highest BCUT2D eigenvalue weighted by atomic mass is 16.3. The van der Waals surface area contributed by atoms with Crippen LogP contribution in [0, 0.1) is 5.92 Å². The van der Waals surface area contributed by atoms with E-state index in [2.05, 4.69) is 10.3 Å². The molecule has 3 rings (SSSR count). The van der Waals surface area contributed by atoms with Gasteiger partial charge in [0, 0.05) is 6.54 Å². The number of carbonyl (C=O) groups excluding carboxylic acids is 1. The van der Waals surface area contributed by atoms with E-state index in [0.717, 1.165) is 12.8 Å². The third kappa shape index (κ3) is 3.48. The predicted molar refractivity (Wildman–Crippen MR) is 90.4 cm³/mol. The number of amides is 1. The molecule has 0 aliphatic heterocycles. The van der Waals surface area contributed by atoms with Gasteiger partial charge in [-0.3, -0.25) is 14.2 Å². The lowest BCUT2D eigenvalue weighted by atomic mass is 9.89. The molecule has 6 heteroatoms. The van der Waals surface area contributed by atoms with Crippen LogP contribution >= 0.6 is 0 Å². The van der Waals surface area contributed by atoms with E-state index in [9.17, 15) is 14.7 Å². The van der Waals surface area contributed by atoms with Crippen molar-refractivity contribution in [1.29, 1.82) is 0 Å². The Labute approximate surface area is 140 Å². The van der Waals surface area contributed by atoms with Gasteiger partial charge in [0.2, 0.25) is 5.75 Å². The molecule has 0 radical (unpaired) electrons. The SMILES string of the molecule is O=C(NCC1CCCCC1)c1ncn(-c2ccccc2)c(=O)c1O. The molecule has 0 spiro atoms. The first-order valence-corrected chi connectivity index (χ1v) is 8.31. The number of carbonyl (C=O) groups is 1. The highest BCUT2D eigenvalue weighted by Gasteiger charge is 2.20. The Hall–Kier alpha value is -2.63. The van der Waals surface area contributed by atoms with Gasteiger partial charge in [0.25, 0.3) is 5.91 Å². The number of nitrogens with one attached hydrogen (secondary N) is 1. The minimum Gasteiger partial charge on any atom is -0.501 e. The van der Waals surface area contributed by atoms with E-state index in [-0.39, 0.29) is 5.69 Å². The van der Waals surface area contributed by atoms with Crippen LogP contribution in [0.15, 0.2) is 41.5 Å². The van der Waals surface area contributed by atoms with E-state index < -0.39 is 17.2 Å². The van der Waals surface area contributed by atoms with E-state index >= 15 is 0 Å². The van der Waals surface area contributed by atoms with Crippen molar-refractivity contribution in [3.63, 3.8) is 0 Å². The zero-order valence-corrected chi connectivity index (χ0v) is 13.4. The maximum Gasteiger partial charge on any atom is 0.300 e. The van der Waals surface area contributed by atoms with E-state index in [1.54, 1.807) is 24.3 Å². The Kier molecular flexibility index (Phi) is 4.93. The molecule has 6 nitrogen and oxygen atoms in total. The van der Waals surface area contributed by atoms with Crippen molar-refractivity contribution in [2.45, 2.75) is 32.1 Å². The molecule has 1 amide bonds. The molecule has 2 aromatic rings. The van der Waals surface area contributed by atoms with E-state index in [1.165, 1.54) is 30.2 Å². The highest BCUT2D eigenvalue weighted by molar-refractivity contribution is 5.94. The lowest BCUT2D eigenvalue weighted by Crippen LogP contribution is -2.32. The first kappa shape index (κ1) is 16.2. The molecule has 24 heavy (non-hydrogen) atoms. The van der Waals surface area contributed by atoms with Crippen LogP contribution < -0.4 is 10.9 Å². The third-order valence-electron chi connectivity index (χ3n) is 4.47. The quantitative estimate of drug-likeness (QED) is 0.902. The summed E-state index contributed by atoms with van der Waals surface area (Å²) in [4.78, 5) is 28.5. The molecule has 1 saturated carbocycles. The average molecular weight is 327 g/mol. The monoisotopic (exact) mass is 327 g/mol. The Morgan fingerprint density at radius 2 is 1.92 bits per heavy atom. The summed E-state index contributed by atoms with van der Waals surface area (Å²) in [6.07, 6.45) is 7.12. The number of nitrogens with zero attached hydrogens (tertiary/aromatic N) is 2. The van der Waals surface area contributed by atoms with Crippen molar-refractivity contribution in [2.75, 3.05) is 6.54 Å². The molecule has 126 valence electrons. The van der Waals surface area contributed by atoms with Crippen LogP contribution in [0.2, 0.25) is 0 Å². The fourth-order valence-corrected chi connectivity index (χ4v) is 3.10. The van der Waals surface area contributed by atoms with Crippen molar-refractivity contribution >= 4 is 5.91 Å². The Morgan fingerprint density at radius 1 is 1.21 bits per heavy atom. The maximum absolute atomic E-state index is 12.3. The third-order valence-corrected chi connectivity index (χ3v) is 4.47. The lowest BCUT2D eigenvalue weighted by molar-refractivity contribution is 0.0935. The molecule has 0 unspecified atom stereocenters. The number of hydrogen-bond acceptors (Lipinski definition) is 4. The summed E-state index contributed by atoms with van der Waals surface area (Å²) >= 11 is 0. The normalized spacial score (nSPS) is 15.2. The summed E-state index contributed by atoms with van der Waals surface area (Å²) in [6, 6.07) is 8.85. The number of aromatic nitrogens is 2. The molecular formula is C18H21N3O3. The van der Waals surface area contributed by atoms with Crippen LogP contribution in [0.4, 0.5) is 0 Å². The van der Waals surface area contributed by atoms with Crippen LogP contribution in [-0.2, 0) is 0 Å². The number of para-hydroxylation sites is 1. The lowest BCUT2D eigenvalue weighted by Gasteiger charge is -2.21. The molecule has 1 aliphatic carbocycles. The molecule has 1 fully saturated rings. The summed E-state index contributed by atoms with van der Waals surface area (Å²) in [5.74, 6) is -0.660. The van der Waals surface area contributed by atoms with Crippen LogP contribution in [-0.4, -0.2) is 27.1 Å². The minimum absolute atomic E-state index is 0.219. The second-order valence-corrected chi connectivity index (χ2v) is 6.17. The Morgan fingerprint density at radius 3 is 2.62 bits per heavy atom. The number of benzene rings is 1. The van der Waals surface area contributed by atoms with Gasteiger partial charge in [0.15, 0.2) is 5.69 Å². The van der Waals surface area contributed by atoms with Crippen molar-refractivity contribution < 1.29 is 9.90 Å². The number of hydrogen-bond donors (Lipinski definition) is 2. The predicted octanol–water partition coefficient (Wildman–Crippen LogP) is 2.25. The van der Waals surface area contributed by atoms with Crippen LogP contribution in [0.3, 0.4) is 0 Å². The van der Waals surface area contributed by atoms with E-state index in [0.29, 0.717) is 18.2 Å². The van der Waals surface area contributed by atoms with Crippen molar-refractivity contribution in [1.82, 2.24) is 14.9 Å². The second-order valence-electron chi connectivity index (χ2n) is 6.17. The Balaban J connectivity index is 1.75. The summed E-state index contributed by atoms with van der Waals surface area (Å²) in [5, 5.41) is 12.9. The molecule has 1 aliphatic rings. The van der Waals surface area contributed by atoms with Gasteiger partial charge < -0.3 is 10.4 Å². The van der Waals surface area contributed by atoms with Gasteiger partial charge >= 0.3 is 5.56 Å². The Bertz CT molecular complexity index is 765. The molecular weight excluding hydrogens is 306 g/mol. The topological polar surface area (TPSA) is 84.2 Å². The van der Waals surface area contributed by atoms with Crippen molar-refractivity contribution in [3.8, 4) is 11.4 Å². The molecule has 0 saturated heterocycles. The van der Waals surface area contributed by atoms with E-state index in [4.69, 9.17) is 0 Å². The van der Waals surface area contributed by atoms with Crippen LogP contribution in [0.1, 0.15) is 42.6 Å². The van der Waals surface area contributed by atoms with Crippen molar-refractivity contribution in [3.05, 3.63) is 52.7 Å². The summed E-state index contributed by atoms with van der Waals surface area (Å²) in [6.45, 7) is 0.557. The smallest absolute Gasteiger partial charge is 0.300 e. The number of rotatable bonds is 4. The first-order valence-electron chi connectivity index (χ1n) is 8.31.